The van der Waals surface area contributed by atoms with E-state index >= 15 is 0 Å². The summed E-state index contributed by atoms with van der Waals surface area (Å²) < 4.78 is 104. The van der Waals surface area contributed by atoms with Crippen LogP contribution < -0.4 is 100 Å². The van der Waals surface area contributed by atoms with Gasteiger partial charge in [0.25, 0.3) is 0 Å². The summed E-state index contributed by atoms with van der Waals surface area (Å²) in [6, 6.07) is 6.48. The minimum absolute atomic E-state index is 0. The third-order valence-electron chi connectivity index (χ3n) is 4.13. The summed E-state index contributed by atoms with van der Waals surface area (Å²) in [5, 5.41) is 6.64. The summed E-state index contributed by atoms with van der Waals surface area (Å²) in [7, 11) is -15.5. The van der Waals surface area contributed by atoms with Gasteiger partial charge >= 0.3 is 88.7 Å². The van der Waals surface area contributed by atoms with Gasteiger partial charge in [-0.2, -0.15) is 0 Å². The molecule has 0 saturated carbocycles. The molecule has 0 aromatic heterocycles. The van der Waals surface area contributed by atoms with E-state index in [0.717, 1.165) is 36.4 Å². The number of hydrogen-bond acceptors (Lipinski definition) is 13. The monoisotopic (exact) mass is 568 g/mol. The molecule has 0 aliphatic carbocycles. The first-order valence-electron chi connectivity index (χ1n) is 8.14. The van der Waals surface area contributed by atoms with Gasteiger partial charge in [-0.15, -0.1) is 10.2 Å². The average molecular weight is 568 g/mol. The van der Waals surface area contributed by atoms with Gasteiger partial charge in [-0.05, 0) is 41.8 Å². The fourth-order valence-electron chi connectivity index (χ4n) is 2.78. The standard InChI is InChI=1S/C16H14N4O9S3.3Na/c17-9-2-4-13(31(24,25)26)12(6-9)19-20-16-11(18)3-1-8-5-10(30(21,22)23)7-14(15(8)16)32(27,28)29;;;/h1-7H,17-18H2,(H,21,22,23)(H,24,25,26)(H,27,28,29);;;/q;3*+1/p-3. The maximum absolute atomic E-state index is 11.8. The Morgan fingerprint density at radius 2 is 1.23 bits per heavy atom. The molecule has 0 fully saturated rings. The minimum atomic E-state index is -5.35. The predicted molar refractivity (Wildman–Crippen MR) is 107 cm³/mol. The second kappa shape index (κ2) is 12.6. The van der Waals surface area contributed by atoms with E-state index in [1.807, 2.05) is 0 Å². The molecule has 0 spiro atoms. The van der Waals surface area contributed by atoms with Gasteiger partial charge in [0.15, 0.2) is 0 Å². The van der Waals surface area contributed by atoms with Gasteiger partial charge in [-0.3, -0.25) is 0 Å². The Labute approximate surface area is 266 Å². The summed E-state index contributed by atoms with van der Waals surface area (Å²) in [6.45, 7) is 0. The molecule has 3 aromatic carbocycles. The molecule has 13 nitrogen and oxygen atoms in total. The number of nitrogen functional groups attached to an aromatic ring is 2. The SMILES string of the molecule is Nc1ccc(S(=O)(=O)[O-])c(N=Nc2c(N)ccc3cc(S(=O)(=O)[O-])cc(S(=O)(=O)[O-])c23)c1.[Na+].[Na+].[Na+]. The van der Waals surface area contributed by atoms with Crippen LogP contribution in [0.15, 0.2) is 67.4 Å². The smallest absolute Gasteiger partial charge is 0.744 e. The molecule has 3 aromatic rings. The van der Waals surface area contributed by atoms with Crippen LogP contribution in [-0.2, 0) is 30.4 Å². The van der Waals surface area contributed by atoms with Gasteiger partial charge in [0.05, 0.1) is 20.4 Å². The molecule has 4 N–H and O–H groups in total. The maximum atomic E-state index is 11.8. The third-order valence-corrected chi connectivity index (χ3v) is 6.68. The van der Waals surface area contributed by atoms with Gasteiger partial charge in [0.1, 0.15) is 41.7 Å². The van der Waals surface area contributed by atoms with Gasteiger partial charge in [-0.1, -0.05) is 6.07 Å². The number of benzene rings is 3. The van der Waals surface area contributed by atoms with Crippen molar-refractivity contribution in [3.05, 3.63) is 42.5 Å². The molecule has 0 bridgehead atoms. The topological polar surface area (TPSA) is 248 Å². The van der Waals surface area contributed by atoms with Crippen molar-refractivity contribution in [2.24, 2.45) is 10.2 Å². The van der Waals surface area contributed by atoms with Crippen molar-refractivity contribution in [3.63, 3.8) is 0 Å². The number of fused-ring (bicyclic) bond motifs is 1. The van der Waals surface area contributed by atoms with E-state index in [0.29, 0.717) is 6.07 Å². The molecule has 0 aliphatic heterocycles. The Hall–Kier alpha value is -0.150. The molecule has 0 amide bonds. The van der Waals surface area contributed by atoms with Gasteiger partial charge in [0.2, 0.25) is 0 Å². The van der Waals surface area contributed by atoms with E-state index in [-0.39, 0.29) is 105 Å². The van der Waals surface area contributed by atoms with Crippen LogP contribution in [0.1, 0.15) is 0 Å². The van der Waals surface area contributed by atoms with Crippen LogP contribution in [-0.4, -0.2) is 38.9 Å². The summed E-state index contributed by atoms with van der Waals surface area (Å²) in [4.78, 5) is -2.89. The molecule has 0 saturated heterocycles. The summed E-state index contributed by atoms with van der Waals surface area (Å²) >= 11 is 0. The summed E-state index contributed by atoms with van der Waals surface area (Å²) in [5.74, 6) is 0. The van der Waals surface area contributed by atoms with Crippen molar-refractivity contribution in [1.29, 1.82) is 0 Å². The summed E-state index contributed by atoms with van der Waals surface area (Å²) in [5.41, 5.74) is 10.2. The zero-order valence-corrected chi connectivity index (χ0v) is 26.9. The Morgan fingerprint density at radius 1 is 0.657 bits per heavy atom. The van der Waals surface area contributed by atoms with E-state index in [2.05, 4.69) is 10.2 Å². The molecule has 35 heavy (non-hydrogen) atoms. The summed E-state index contributed by atoms with van der Waals surface area (Å²) in [6.07, 6.45) is 0. The first-order chi connectivity index (χ1) is 14.6. The van der Waals surface area contributed by atoms with Crippen molar-refractivity contribution in [1.82, 2.24) is 0 Å². The molecule has 170 valence electrons. The van der Waals surface area contributed by atoms with Crippen LogP contribution >= 0.6 is 0 Å². The van der Waals surface area contributed by atoms with Crippen LogP contribution in [0.2, 0.25) is 0 Å². The molecule has 0 radical (unpaired) electrons. The van der Waals surface area contributed by atoms with E-state index < -0.39 is 61.8 Å². The van der Waals surface area contributed by atoms with Gasteiger partial charge in [-0.25, -0.2) is 25.3 Å². The molecule has 19 heteroatoms. The zero-order chi connectivity index (χ0) is 24.1. The molecule has 0 unspecified atom stereocenters. The normalized spacial score (nSPS) is 12.0. The number of anilines is 2. The van der Waals surface area contributed by atoms with Gasteiger partial charge in [0, 0.05) is 11.1 Å². The first-order valence-corrected chi connectivity index (χ1v) is 12.4. The second-order valence-electron chi connectivity index (χ2n) is 6.31. The zero-order valence-electron chi connectivity index (χ0n) is 18.5. The van der Waals surface area contributed by atoms with E-state index in [4.69, 9.17) is 11.5 Å². The number of nitrogens with two attached hydrogens (primary N) is 2. The Balaban J connectivity index is 0.00000385. The first kappa shape index (κ1) is 34.9. The van der Waals surface area contributed by atoms with E-state index in [1.54, 1.807) is 0 Å². The fourth-order valence-corrected chi connectivity index (χ4v) is 4.71. The molecule has 3 rings (SSSR count). The van der Waals surface area contributed by atoms with Crippen molar-refractivity contribution in [3.8, 4) is 0 Å². The third kappa shape index (κ3) is 8.17. The van der Waals surface area contributed by atoms with Crippen LogP contribution in [0.25, 0.3) is 10.8 Å². The van der Waals surface area contributed by atoms with Crippen molar-refractivity contribution >= 4 is 63.9 Å². The molecule has 0 heterocycles. The number of rotatable bonds is 5. The van der Waals surface area contributed by atoms with Crippen molar-refractivity contribution in [2.75, 3.05) is 11.5 Å². The fraction of sp³-hybridized carbons (Fsp3) is 0. The number of azo groups is 1. The Morgan fingerprint density at radius 3 is 1.74 bits per heavy atom. The molecule has 0 aliphatic rings. The Kier molecular flexibility index (Phi) is 12.5. The van der Waals surface area contributed by atoms with Crippen LogP contribution in [0.3, 0.4) is 0 Å². The van der Waals surface area contributed by atoms with E-state index in [9.17, 15) is 38.9 Å². The second-order valence-corrected chi connectivity index (χ2v) is 10.4. The maximum Gasteiger partial charge on any atom is 1.00 e. The van der Waals surface area contributed by atoms with Crippen molar-refractivity contribution in [2.45, 2.75) is 14.7 Å². The largest absolute Gasteiger partial charge is 1.00 e. The van der Waals surface area contributed by atoms with Crippen LogP contribution in [0.4, 0.5) is 22.7 Å². The van der Waals surface area contributed by atoms with Crippen LogP contribution in [0, 0.1) is 0 Å². The average Bonchev–Trinajstić information content (AvgIpc) is 2.64. The number of nitrogens with zero attached hydrogens (tertiary/aromatic N) is 2. The predicted octanol–water partition coefficient (Wildman–Crippen LogP) is -7.86. The minimum Gasteiger partial charge on any atom is -0.744 e. The van der Waals surface area contributed by atoms with Gasteiger partial charge < -0.3 is 25.1 Å². The molecule has 0 atom stereocenters. The number of hydrogen-bond donors (Lipinski definition) is 2. The molecular weight excluding hydrogens is 557 g/mol. The quantitative estimate of drug-likeness (QED) is 0.127. The van der Waals surface area contributed by atoms with Crippen LogP contribution in [0.5, 0.6) is 0 Å². The molecular formula is C16H11N4Na3O9S3. The van der Waals surface area contributed by atoms with Crippen molar-refractivity contribution < 1.29 is 128 Å². The Bertz CT molecular complexity index is 1630. The van der Waals surface area contributed by atoms with E-state index in [1.165, 1.54) is 0 Å².